The zero-order chi connectivity index (χ0) is 11.4. The summed E-state index contributed by atoms with van der Waals surface area (Å²) in [5.74, 6) is 1.17. The lowest BCUT2D eigenvalue weighted by molar-refractivity contribution is -0.126. The van der Waals surface area contributed by atoms with Gasteiger partial charge in [-0.1, -0.05) is 32.6 Å². The number of carbonyl (C=O) groups excluding carboxylic acids is 1. The molecule has 16 heavy (non-hydrogen) atoms. The Morgan fingerprint density at radius 1 is 1.12 bits per heavy atom. The van der Waals surface area contributed by atoms with Gasteiger partial charge >= 0.3 is 0 Å². The first kappa shape index (κ1) is 11.9. The Kier molecular flexibility index (Phi) is 4.22. The van der Waals surface area contributed by atoms with E-state index in [0.717, 1.165) is 25.9 Å². The molecule has 1 saturated carbocycles. The highest BCUT2D eigenvalue weighted by atomic mass is 16.1. The van der Waals surface area contributed by atoms with E-state index in [-0.39, 0.29) is 5.92 Å². The summed E-state index contributed by atoms with van der Waals surface area (Å²) in [5.41, 5.74) is 0. The number of amides is 1. The highest BCUT2D eigenvalue weighted by Gasteiger charge is 2.27. The molecule has 2 N–H and O–H groups in total. The highest BCUT2D eigenvalue weighted by molar-refractivity contribution is 5.79. The molecule has 0 radical (unpaired) electrons. The molecular formula is C13H24N2O. The summed E-state index contributed by atoms with van der Waals surface area (Å²) in [6.45, 7) is 4.19. The molecular weight excluding hydrogens is 200 g/mol. The average Bonchev–Trinajstić information content (AvgIpc) is 2.57. The zero-order valence-corrected chi connectivity index (χ0v) is 10.3. The van der Waals surface area contributed by atoms with Crippen LogP contribution in [0.2, 0.25) is 0 Å². The van der Waals surface area contributed by atoms with Crippen LogP contribution in [0.4, 0.5) is 0 Å². The van der Waals surface area contributed by atoms with Crippen molar-refractivity contribution in [2.24, 2.45) is 11.8 Å². The smallest absolute Gasteiger partial charge is 0.223 e. The lowest BCUT2D eigenvalue weighted by Crippen LogP contribution is -2.42. The van der Waals surface area contributed by atoms with E-state index < -0.39 is 0 Å². The fourth-order valence-corrected chi connectivity index (χ4v) is 2.85. The molecule has 0 aromatic carbocycles. The summed E-state index contributed by atoms with van der Waals surface area (Å²) in [6.07, 6.45) is 7.28. The quantitative estimate of drug-likeness (QED) is 0.701. The fraction of sp³-hybridized carbons (Fsp3) is 0.923. The Morgan fingerprint density at radius 3 is 2.38 bits per heavy atom. The van der Waals surface area contributed by atoms with Crippen molar-refractivity contribution in [1.82, 2.24) is 10.6 Å². The van der Waals surface area contributed by atoms with Crippen molar-refractivity contribution in [2.75, 3.05) is 13.1 Å². The van der Waals surface area contributed by atoms with E-state index in [0.29, 0.717) is 17.9 Å². The van der Waals surface area contributed by atoms with Crippen molar-refractivity contribution < 1.29 is 4.79 Å². The molecule has 2 fully saturated rings. The fourth-order valence-electron chi connectivity index (χ4n) is 2.85. The predicted octanol–water partition coefficient (Wildman–Crippen LogP) is 1.68. The lowest BCUT2D eigenvalue weighted by atomic mass is 9.98. The Balaban J connectivity index is 1.81. The molecule has 3 heteroatoms. The minimum absolute atomic E-state index is 0.287. The van der Waals surface area contributed by atoms with Gasteiger partial charge in [0, 0.05) is 18.5 Å². The molecule has 0 spiro atoms. The molecule has 0 aromatic rings. The maximum atomic E-state index is 12.1. The van der Waals surface area contributed by atoms with Crippen LogP contribution in [0.1, 0.15) is 45.4 Å². The third-order valence-corrected chi connectivity index (χ3v) is 4.07. The van der Waals surface area contributed by atoms with E-state index in [2.05, 4.69) is 17.6 Å². The molecule has 2 rings (SSSR count). The van der Waals surface area contributed by atoms with Crippen LogP contribution in [-0.2, 0) is 4.79 Å². The van der Waals surface area contributed by atoms with Crippen LogP contribution in [0.15, 0.2) is 0 Å². The standard InChI is InChI=1S/C13H24N2O/c1-10-8-14-9-12(10)15-13(16)11-6-4-2-3-5-7-11/h10-12,14H,2-9H2,1H3,(H,15,16)/t10-,12-/m0/s1. The third kappa shape index (κ3) is 2.97. The van der Waals surface area contributed by atoms with Crippen LogP contribution in [0, 0.1) is 11.8 Å². The van der Waals surface area contributed by atoms with E-state index >= 15 is 0 Å². The van der Waals surface area contributed by atoms with Gasteiger partial charge in [0.25, 0.3) is 0 Å². The van der Waals surface area contributed by atoms with Gasteiger partial charge in [0.2, 0.25) is 5.91 Å². The van der Waals surface area contributed by atoms with Crippen LogP contribution < -0.4 is 10.6 Å². The van der Waals surface area contributed by atoms with E-state index in [1.54, 1.807) is 0 Å². The summed E-state index contributed by atoms with van der Waals surface area (Å²) in [5, 5.41) is 6.55. The van der Waals surface area contributed by atoms with E-state index in [4.69, 9.17) is 0 Å². The van der Waals surface area contributed by atoms with Gasteiger partial charge in [0.15, 0.2) is 0 Å². The largest absolute Gasteiger partial charge is 0.352 e. The van der Waals surface area contributed by atoms with Crippen molar-refractivity contribution >= 4 is 5.91 Å². The minimum Gasteiger partial charge on any atom is -0.352 e. The summed E-state index contributed by atoms with van der Waals surface area (Å²) < 4.78 is 0. The molecule has 0 bridgehead atoms. The first-order chi connectivity index (χ1) is 7.77. The molecule has 3 nitrogen and oxygen atoms in total. The molecule has 0 unspecified atom stereocenters. The molecule has 1 aliphatic heterocycles. The predicted molar refractivity (Wildman–Crippen MR) is 65.2 cm³/mol. The number of hydrogen-bond donors (Lipinski definition) is 2. The monoisotopic (exact) mass is 224 g/mol. The average molecular weight is 224 g/mol. The highest BCUT2D eigenvalue weighted by Crippen LogP contribution is 2.23. The minimum atomic E-state index is 0.287. The first-order valence-electron chi connectivity index (χ1n) is 6.78. The van der Waals surface area contributed by atoms with Gasteiger partial charge in [-0.3, -0.25) is 4.79 Å². The van der Waals surface area contributed by atoms with Crippen molar-refractivity contribution in [3.8, 4) is 0 Å². The van der Waals surface area contributed by atoms with Crippen molar-refractivity contribution in [2.45, 2.75) is 51.5 Å². The molecule has 1 aliphatic carbocycles. The number of hydrogen-bond acceptors (Lipinski definition) is 2. The van der Waals surface area contributed by atoms with Gasteiger partial charge in [-0.2, -0.15) is 0 Å². The van der Waals surface area contributed by atoms with Crippen LogP contribution in [0.25, 0.3) is 0 Å². The van der Waals surface area contributed by atoms with E-state index in [1.807, 2.05) is 0 Å². The van der Waals surface area contributed by atoms with Gasteiger partial charge in [-0.05, 0) is 25.3 Å². The molecule has 92 valence electrons. The van der Waals surface area contributed by atoms with E-state index in [9.17, 15) is 4.79 Å². The van der Waals surface area contributed by atoms with Gasteiger partial charge < -0.3 is 10.6 Å². The van der Waals surface area contributed by atoms with Crippen molar-refractivity contribution in [3.63, 3.8) is 0 Å². The third-order valence-electron chi connectivity index (χ3n) is 4.07. The van der Waals surface area contributed by atoms with Crippen molar-refractivity contribution in [3.05, 3.63) is 0 Å². The maximum absolute atomic E-state index is 12.1. The zero-order valence-electron chi connectivity index (χ0n) is 10.3. The second kappa shape index (κ2) is 5.67. The Labute approximate surface area is 98.4 Å². The van der Waals surface area contributed by atoms with Gasteiger partial charge in [-0.15, -0.1) is 0 Å². The molecule has 1 saturated heterocycles. The molecule has 2 aliphatic rings. The van der Waals surface area contributed by atoms with Crippen molar-refractivity contribution in [1.29, 1.82) is 0 Å². The van der Waals surface area contributed by atoms with Gasteiger partial charge in [-0.25, -0.2) is 0 Å². The second-order valence-corrected chi connectivity index (χ2v) is 5.44. The number of nitrogens with one attached hydrogen (secondary N) is 2. The summed E-state index contributed by atoms with van der Waals surface area (Å²) in [6, 6.07) is 0.357. The Bertz CT molecular complexity index is 234. The van der Waals surface area contributed by atoms with Gasteiger partial charge in [0.05, 0.1) is 0 Å². The van der Waals surface area contributed by atoms with Crippen LogP contribution >= 0.6 is 0 Å². The summed E-state index contributed by atoms with van der Waals surface area (Å²) in [4.78, 5) is 12.1. The molecule has 1 heterocycles. The maximum Gasteiger partial charge on any atom is 0.223 e. The molecule has 2 atom stereocenters. The molecule has 0 aromatic heterocycles. The van der Waals surface area contributed by atoms with Crippen LogP contribution in [-0.4, -0.2) is 25.0 Å². The van der Waals surface area contributed by atoms with Crippen LogP contribution in [0.5, 0.6) is 0 Å². The molecule has 1 amide bonds. The van der Waals surface area contributed by atoms with Gasteiger partial charge in [0.1, 0.15) is 0 Å². The Morgan fingerprint density at radius 2 is 1.81 bits per heavy atom. The topological polar surface area (TPSA) is 41.1 Å². The van der Waals surface area contributed by atoms with Crippen LogP contribution in [0.3, 0.4) is 0 Å². The lowest BCUT2D eigenvalue weighted by Gasteiger charge is -2.20. The normalized spacial score (nSPS) is 32.3. The SMILES string of the molecule is C[C@H]1CNC[C@@H]1NC(=O)C1CCCCCC1. The summed E-state index contributed by atoms with van der Waals surface area (Å²) in [7, 11) is 0. The summed E-state index contributed by atoms with van der Waals surface area (Å²) >= 11 is 0. The number of rotatable bonds is 2. The number of carbonyl (C=O) groups is 1. The second-order valence-electron chi connectivity index (χ2n) is 5.44. The Hall–Kier alpha value is -0.570. The first-order valence-corrected chi connectivity index (χ1v) is 6.78. The van der Waals surface area contributed by atoms with E-state index in [1.165, 1.54) is 25.7 Å².